The van der Waals surface area contributed by atoms with Crippen LogP contribution < -0.4 is 5.32 Å². The molecule has 0 bridgehead atoms. The Bertz CT molecular complexity index is 749. The molecule has 124 valence electrons. The summed E-state index contributed by atoms with van der Waals surface area (Å²) in [6, 6.07) is 13.8. The van der Waals surface area contributed by atoms with Crippen LogP contribution in [-0.4, -0.2) is 36.6 Å². The molecule has 0 aromatic heterocycles. The van der Waals surface area contributed by atoms with Gasteiger partial charge in [0.15, 0.2) is 0 Å². The highest BCUT2D eigenvalue weighted by atomic mass is 16.2. The number of amides is 2. The third-order valence-corrected chi connectivity index (χ3v) is 3.72. The molecule has 0 radical (unpaired) electrons. The molecule has 2 aromatic rings. The van der Waals surface area contributed by atoms with Crippen LogP contribution in [0.3, 0.4) is 0 Å². The fraction of sp³-hybridized carbons (Fsp3) is 0.211. The molecular weight excluding hydrogens is 304 g/mol. The molecule has 0 spiro atoms. The second-order valence-corrected chi connectivity index (χ2v) is 5.63. The zero-order valence-electron chi connectivity index (χ0n) is 14.0. The van der Waals surface area contributed by atoms with E-state index in [-0.39, 0.29) is 5.91 Å². The van der Waals surface area contributed by atoms with Crippen molar-refractivity contribution in [3.05, 3.63) is 70.8 Å². The molecule has 0 fully saturated rings. The molecule has 5 nitrogen and oxygen atoms in total. The van der Waals surface area contributed by atoms with Crippen molar-refractivity contribution in [1.29, 1.82) is 0 Å². The highest BCUT2D eigenvalue weighted by Gasteiger charge is 2.20. The van der Waals surface area contributed by atoms with Crippen molar-refractivity contribution in [2.75, 3.05) is 14.1 Å². The van der Waals surface area contributed by atoms with E-state index in [4.69, 9.17) is 0 Å². The van der Waals surface area contributed by atoms with Crippen molar-refractivity contribution in [2.45, 2.75) is 13.5 Å². The normalized spacial score (nSPS) is 10.1. The first-order valence-corrected chi connectivity index (χ1v) is 7.60. The molecule has 24 heavy (non-hydrogen) atoms. The number of carbonyl (C=O) groups is 3. The largest absolute Gasteiger partial charge is 0.355 e. The van der Waals surface area contributed by atoms with Gasteiger partial charge in [0.05, 0.1) is 0 Å². The Morgan fingerprint density at radius 1 is 0.917 bits per heavy atom. The summed E-state index contributed by atoms with van der Waals surface area (Å²) in [7, 11) is 3.15. The number of rotatable bonds is 5. The predicted molar refractivity (Wildman–Crippen MR) is 91.8 cm³/mol. The first-order valence-electron chi connectivity index (χ1n) is 7.60. The van der Waals surface area contributed by atoms with Crippen molar-refractivity contribution in [1.82, 2.24) is 10.2 Å². The first kappa shape index (κ1) is 17.4. The lowest BCUT2D eigenvalue weighted by Gasteiger charge is -2.16. The molecule has 2 aromatic carbocycles. The predicted octanol–water partition coefficient (Wildman–Crippen LogP) is 2.20. The van der Waals surface area contributed by atoms with Crippen molar-refractivity contribution in [3.63, 3.8) is 0 Å². The van der Waals surface area contributed by atoms with E-state index in [0.717, 1.165) is 11.1 Å². The maximum Gasteiger partial charge on any atom is 0.294 e. The van der Waals surface area contributed by atoms with Gasteiger partial charge in [-0.15, -0.1) is 0 Å². The van der Waals surface area contributed by atoms with Crippen molar-refractivity contribution in [3.8, 4) is 0 Å². The Hall–Kier alpha value is -2.95. The third kappa shape index (κ3) is 4.07. The van der Waals surface area contributed by atoms with Crippen LogP contribution in [0.25, 0.3) is 0 Å². The summed E-state index contributed by atoms with van der Waals surface area (Å²) in [6.07, 6.45) is 0. The lowest BCUT2D eigenvalue weighted by Crippen LogP contribution is -2.32. The molecule has 0 aliphatic heterocycles. The molecular formula is C19H20N2O3. The summed E-state index contributed by atoms with van der Waals surface area (Å²) in [6.45, 7) is 2.22. The minimum Gasteiger partial charge on any atom is -0.355 e. The lowest BCUT2D eigenvalue weighted by molar-refractivity contribution is -0.125. The Balaban J connectivity index is 2.04. The third-order valence-electron chi connectivity index (χ3n) is 3.72. The number of ketones is 1. The number of Topliss-reactive ketones (excluding diaryl/α,β-unsaturated/α-hetero) is 1. The van der Waals surface area contributed by atoms with E-state index in [1.54, 1.807) is 62.6 Å². The average molecular weight is 324 g/mol. The van der Waals surface area contributed by atoms with Gasteiger partial charge in [0.2, 0.25) is 5.78 Å². The number of hydrogen-bond donors (Lipinski definition) is 1. The van der Waals surface area contributed by atoms with Gasteiger partial charge in [0.25, 0.3) is 11.8 Å². The summed E-state index contributed by atoms with van der Waals surface area (Å²) in [5.74, 6) is -1.26. The van der Waals surface area contributed by atoms with Gasteiger partial charge >= 0.3 is 0 Å². The quantitative estimate of drug-likeness (QED) is 0.677. The van der Waals surface area contributed by atoms with Crippen molar-refractivity contribution in [2.24, 2.45) is 0 Å². The van der Waals surface area contributed by atoms with E-state index in [1.807, 2.05) is 6.92 Å². The van der Waals surface area contributed by atoms with Gasteiger partial charge in [-0.1, -0.05) is 42.0 Å². The zero-order chi connectivity index (χ0) is 17.7. The number of carbonyl (C=O) groups excluding carboxylic acids is 3. The van der Waals surface area contributed by atoms with Crippen molar-refractivity contribution < 1.29 is 14.4 Å². The van der Waals surface area contributed by atoms with E-state index in [0.29, 0.717) is 17.7 Å². The first-order chi connectivity index (χ1) is 11.4. The molecule has 0 unspecified atom stereocenters. The summed E-state index contributed by atoms with van der Waals surface area (Å²) >= 11 is 0. The van der Waals surface area contributed by atoms with Gasteiger partial charge in [-0.2, -0.15) is 0 Å². The number of aryl methyl sites for hydroxylation is 1. The van der Waals surface area contributed by atoms with Crippen LogP contribution in [0.5, 0.6) is 0 Å². The van der Waals surface area contributed by atoms with Crippen LogP contribution in [0.15, 0.2) is 48.5 Å². The molecule has 0 saturated heterocycles. The molecule has 0 saturated carbocycles. The Morgan fingerprint density at radius 3 is 2.00 bits per heavy atom. The lowest BCUT2D eigenvalue weighted by atomic mass is 10.1. The number of nitrogens with zero attached hydrogens (tertiary/aromatic N) is 1. The van der Waals surface area contributed by atoms with E-state index in [2.05, 4.69) is 5.32 Å². The standard InChI is InChI=1S/C19H20N2O3/c1-13-4-8-15(9-5-13)17(22)19(24)21(3)12-14-6-10-16(11-7-14)18(23)20-2/h4-11H,12H2,1-3H3,(H,20,23). The number of benzene rings is 2. The Kier molecular flexibility index (Phi) is 5.47. The zero-order valence-corrected chi connectivity index (χ0v) is 14.0. The maximum absolute atomic E-state index is 12.3. The van der Waals surface area contributed by atoms with Gasteiger partial charge in [-0.05, 0) is 24.6 Å². The Morgan fingerprint density at radius 2 is 1.46 bits per heavy atom. The van der Waals surface area contributed by atoms with Crippen LogP contribution in [0, 0.1) is 6.92 Å². The highest BCUT2D eigenvalue weighted by molar-refractivity contribution is 6.42. The molecule has 0 aliphatic rings. The van der Waals surface area contributed by atoms with E-state index in [9.17, 15) is 14.4 Å². The fourth-order valence-electron chi connectivity index (χ4n) is 2.25. The minimum atomic E-state index is -0.561. The molecule has 0 heterocycles. The summed E-state index contributed by atoms with van der Waals surface area (Å²) < 4.78 is 0. The summed E-state index contributed by atoms with van der Waals surface area (Å²) in [5.41, 5.74) is 2.80. The van der Waals surface area contributed by atoms with Crippen LogP contribution >= 0.6 is 0 Å². The topological polar surface area (TPSA) is 66.5 Å². The molecule has 2 rings (SSSR count). The monoisotopic (exact) mass is 324 g/mol. The second kappa shape index (κ2) is 7.55. The SMILES string of the molecule is CNC(=O)c1ccc(CN(C)C(=O)C(=O)c2ccc(C)cc2)cc1. The van der Waals surface area contributed by atoms with Gasteiger partial charge in [-0.25, -0.2) is 0 Å². The van der Waals surface area contributed by atoms with E-state index >= 15 is 0 Å². The van der Waals surface area contributed by atoms with Crippen LogP contribution in [0.4, 0.5) is 0 Å². The number of likely N-dealkylation sites (N-methyl/N-ethyl adjacent to an activating group) is 1. The minimum absolute atomic E-state index is 0.166. The van der Waals surface area contributed by atoms with Gasteiger partial charge in [0.1, 0.15) is 0 Å². The summed E-state index contributed by atoms with van der Waals surface area (Å²) in [5, 5.41) is 2.55. The van der Waals surface area contributed by atoms with E-state index < -0.39 is 11.7 Å². The molecule has 0 atom stereocenters. The number of nitrogens with one attached hydrogen (secondary N) is 1. The number of hydrogen-bond acceptors (Lipinski definition) is 3. The van der Waals surface area contributed by atoms with E-state index in [1.165, 1.54) is 4.90 Å². The highest BCUT2D eigenvalue weighted by Crippen LogP contribution is 2.10. The molecule has 1 N–H and O–H groups in total. The Labute approximate surface area is 141 Å². The average Bonchev–Trinajstić information content (AvgIpc) is 2.61. The van der Waals surface area contributed by atoms with Crippen LogP contribution in [-0.2, 0) is 11.3 Å². The van der Waals surface area contributed by atoms with Gasteiger partial charge in [0, 0.05) is 31.8 Å². The summed E-state index contributed by atoms with van der Waals surface area (Å²) in [4.78, 5) is 37.4. The van der Waals surface area contributed by atoms with Gasteiger partial charge < -0.3 is 10.2 Å². The second-order valence-electron chi connectivity index (χ2n) is 5.63. The molecule has 2 amide bonds. The van der Waals surface area contributed by atoms with Gasteiger partial charge in [-0.3, -0.25) is 14.4 Å². The maximum atomic E-state index is 12.3. The van der Waals surface area contributed by atoms with Crippen molar-refractivity contribution >= 4 is 17.6 Å². The fourth-order valence-corrected chi connectivity index (χ4v) is 2.25. The molecule has 0 aliphatic carbocycles. The molecule has 5 heteroatoms. The van der Waals surface area contributed by atoms with Crippen LogP contribution in [0.2, 0.25) is 0 Å². The smallest absolute Gasteiger partial charge is 0.294 e. The van der Waals surface area contributed by atoms with Crippen LogP contribution in [0.1, 0.15) is 31.8 Å².